The van der Waals surface area contributed by atoms with Crippen molar-refractivity contribution in [2.75, 3.05) is 5.32 Å². The molecule has 1 fully saturated rings. The molecule has 1 aliphatic heterocycles. The average Bonchev–Trinajstić information content (AvgIpc) is 2.79. The van der Waals surface area contributed by atoms with Crippen molar-refractivity contribution in [2.45, 2.75) is 46.1 Å². The molecule has 1 aliphatic rings. The van der Waals surface area contributed by atoms with Gasteiger partial charge in [0.2, 0.25) is 17.7 Å². The molecule has 2 rings (SSSR count). The van der Waals surface area contributed by atoms with Gasteiger partial charge in [0, 0.05) is 18.5 Å². The Kier molecular flexibility index (Phi) is 4.40. The van der Waals surface area contributed by atoms with Gasteiger partial charge in [0.15, 0.2) is 0 Å². The van der Waals surface area contributed by atoms with Gasteiger partial charge in [-0.15, -0.1) is 0 Å². The quantitative estimate of drug-likeness (QED) is 0.862. The second-order valence-electron chi connectivity index (χ2n) is 5.29. The van der Waals surface area contributed by atoms with E-state index in [9.17, 15) is 14.4 Å². The Labute approximate surface area is 124 Å². The van der Waals surface area contributed by atoms with Crippen molar-refractivity contribution < 1.29 is 14.4 Å². The molecule has 0 bridgehead atoms. The van der Waals surface area contributed by atoms with Gasteiger partial charge < -0.3 is 5.32 Å². The Balaban J connectivity index is 2.18. The van der Waals surface area contributed by atoms with Crippen LogP contribution < -0.4 is 5.32 Å². The molecule has 1 atom stereocenters. The molecule has 5 nitrogen and oxygen atoms in total. The Morgan fingerprint density at radius 1 is 1.29 bits per heavy atom. The highest BCUT2D eigenvalue weighted by molar-refractivity contribution is 6.07. The summed E-state index contributed by atoms with van der Waals surface area (Å²) in [5, 5.41) is 2.86. The number of nitrogens with one attached hydrogen (secondary N) is 1. The van der Waals surface area contributed by atoms with Gasteiger partial charge >= 0.3 is 0 Å². The average molecular weight is 288 g/mol. The van der Waals surface area contributed by atoms with Crippen molar-refractivity contribution >= 4 is 23.4 Å². The lowest BCUT2D eigenvalue weighted by Crippen LogP contribution is -2.45. The van der Waals surface area contributed by atoms with E-state index in [0.717, 1.165) is 28.1 Å². The summed E-state index contributed by atoms with van der Waals surface area (Å²) in [6.07, 6.45) is 1.19. The fourth-order valence-corrected chi connectivity index (χ4v) is 2.57. The Bertz CT molecular complexity index is 579. The van der Waals surface area contributed by atoms with Crippen LogP contribution in [0.4, 0.5) is 5.69 Å². The molecule has 0 unspecified atom stereocenters. The number of hydrogen-bond donors (Lipinski definition) is 1. The van der Waals surface area contributed by atoms with E-state index in [1.165, 1.54) is 0 Å². The first-order chi connectivity index (χ1) is 9.95. The largest absolute Gasteiger partial charge is 0.324 e. The molecule has 0 radical (unpaired) electrons. The second-order valence-corrected chi connectivity index (χ2v) is 5.29. The van der Waals surface area contributed by atoms with Crippen molar-refractivity contribution in [3.8, 4) is 0 Å². The van der Waals surface area contributed by atoms with Gasteiger partial charge in [-0.3, -0.25) is 19.3 Å². The molecule has 5 heteroatoms. The summed E-state index contributed by atoms with van der Waals surface area (Å²) in [6.45, 7) is 5.52. The first-order valence-electron chi connectivity index (χ1n) is 7.20. The molecule has 1 N–H and O–H groups in total. The lowest BCUT2D eigenvalue weighted by atomic mass is 10.1. The summed E-state index contributed by atoms with van der Waals surface area (Å²) in [6, 6.07) is 5.04. The van der Waals surface area contributed by atoms with Crippen LogP contribution in [0.15, 0.2) is 18.2 Å². The first-order valence-corrected chi connectivity index (χ1v) is 7.20. The first kappa shape index (κ1) is 15.2. The summed E-state index contributed by atoms with van der Waals surface area (Å²) >= 11 is 0. The van der Waals surface area contributed by atoms with Crippen molar-refractivity contribution in [3.63, 3.8) is 0 Å². The van der Waals surface area contributed by atoms with Gasteiger partial charge in [0.1, 0.15) is 6.04 Å². The number of carbonyl (C=O) groups excluding carboxylic acids is 3. The molecule has 0 spiro atoms. The fraction of sp³-hybridized carbons (Fsp3) is 0.438. The zero-order valence-corrected chi connectivity index (χ0v) is 12.6. The van der Waals surface area contributed by atoms with Crippen LogP contribution in [0.2, 0.25) is 0 Å². The van der Waals surface area contributed by atoms with Crippen molar-refractivity contribution in [3.05, 3.63) is 29.3 Å². The number of amides is 3. The van der Waals surface area contributed by atoms with E-state index in [1.54, 1.807) is 6.92 Å². The third kappa shape index (κ3) is 2.96. The number of aryl methyl sites for hydroxylation is 2. The Morgan fingerprint density at radius 2 is 1.90 bits per heavy atom. The monoisotopic (exact) mass is 288 g/mol. The summed E-state index contributed by atoms with van der Waals surface area (Å²) < 4.78 is 0. The van der Waals surface area contributed by atoms with E-state index in [2.05, 4.69) is 5.32 Å². The third-order valence-corrected chi connectivity index (χ3v) is 3.85. The number of anilines is 1. The highest BCUT2D eigenvalue weighted by Crippen LogP contribution is 2.22. The van der Waals surface area contributed by atoms with Crippen LogP contribution in [0.25, 0.3) is 0 Å². The third-order valence-electron chi connectivity index (χ3n) is 3.85. The summed E-state index contributed by atoms with van der Waals surface area (Å²) in [5.41, 5.74) is 2.78. The Hall–Kier alpha value is -2.17. The molecule has 3 amide bonds. The van der Waals surface area contributed by atoms with E-state index in [1.807, 2.05) is 32.0 Å². The van der Waals surface area contributed by atoms with Crippen molar-refractivity contribution in [1.29, 1.82) is 0 Å². The lowest BCUT2D eigenvalue weighted by molar-refractivity contribution is -0.144. The smallest absolute Gasteiger partial charge is 0.247 e. The fourth-order valence-electron chi connectivity index (χ4n) is 2.57. The summed E-state index contributed by atoms with van der Waals surface area (Å²) in [7, 11) is 0. The van der Waals surface area contributed by atoms with Crippen LogP contribution in [0.5, 0.6) is 0 Å². The number of nitrogens with zero attached hydrogens (tertiary/aromatic N) is 1. The number of para-hydroxylation sites is 1. The number of rotatable bonds is 4. The molecule has 1 saturated heterocycles. The van der Waals surface area contributed by atoms with Crippen LogP contribution in [-0.2, 0) is 20.8 Å². The van der Waals surface area contributed by atoms with Gasteiger partial charge in [0.25, 0.3) is 0 Å². The van der Waals surface area contributed by atoms with Gasteiger partial charge in [-0.05, 0) is 31.4 Å². The van der Waals surface area contributed by atoms with Crippen molar-refractivity contribution in [2.24, 2.45) is 0 Å². The predicted octanol–water partition coefficient (Wildman–Crippen LogP) is 2.03. The van der Waals surface area contributed by atoms with E-state index in [-0.39, 0.29) is 30.6 Å². The molecule has 1 aromatic carbocycles. The maximum atomic E-state index is 12.4. The minimum atomic E-state index is -0.781. The highest BCUT2D eigenvalue weighted by Gasteiger charge is 2.36. The van der Waals surface area contributed by atoms with Gasteiger partial charge in [-0.1, -0.05) is 25.1 Å². The minimum Gasteiger partial charge on any atom is -0.324 e. The molecule has 112 valence electrons. The molecule has 1 aromatic rings. The minimum absolute atomic E-state index is 0.195. The molecule has 0 aliphatic carbocycles. The maximum absolute atomic E-state index is 12.4. The SMILES string of the molecule is CCc1cccc(C)c1NC(=O)[C@H](C)N1C(=O)CCC1=O. The maximum Gasteiger partial charge on any atom is 0.247 e. The number of benzene rings is 1. The lowest BCUT2D eigenvalue weighted by Gasteiger charge is -2.23. The van der Waals surface area contributed by atoms with E-state index in [4.69, 9.17) is 0 Å². The van der Waals surface area contributed by atoms with E-state index < -0.39 is 6.04 Å². The highest BCUT2D eigenvalue weighted by atomic mass is 16.2. The molecular formula is C16H20N2O3. The van der Waals surface area contributed by atoms with Crippen LogP contribution in [-0.4, -0.2) is 28.7 Å². The number of hydrogen-bond acceptors (Lipinski definition) is 3. The Morgan fingerprint density at radius 3 is 2.48 bits per heavy atom. The molecule has 21 heavy (non-hydrogen) atoms. The molecular weight excluding hydrogens is 268 g/mol. The van der Waals surface area contributed by atoms with Gasteiger partial charge in [-0.2, -0.15) is 0 Å². The standard InChI is InChI=1S/C16H20N2O3/c1-4-12-7-5-6-10(2)15(12)17-16(21)11(3)18-13(19)8-9-14(18)20/h5-7,11H,4,8-9H2,1-3H3,(H,17,21)/t11-/m0/s1. The zero-order valence-electron chi connectivity index (χ0n) is 12.6. The van der Waals surface area contributed by atoms with Crippen LogP contribution in [0.1, 0.15) is 37.8 Å². The number of carbonyl (C=O) groups is 3. The normalized spacial score (nSPS) is 16.2. The van der Waals surface area contributed by atoms with Crippen LogP contribution >= 0.6 is 0 Å². The number of imide groups is 1. The van der Waals surface area contributed by atoms with E-state index in [0.29, 0.717) is 0 Å². The molecule has 0 saturated carbocycles. The molecule has 1 heterocycles. The van der Waals surface area contributed by atoms with Gasteiger partial charge in [-0.25, -0.2) is 0 Å². The zero-order chi connectivity index (χ0) is 15.6. The topological polar surface area (TPSA) is 66.5 Å². The summed E-state index contributed by atoms with van der Waals surface area (Å²) in [5.74, 6) is -0.881. The number of likely N-dealkylation sites (tertiary alicyclic amines) is 1. The van der Waals surface area contributed by atoms with Crippen molar-refractivity contribution in [1.82, 2.24) is 4.90 Å². The predicted molar refractivity (Wildman–Crippen MR) is 79.7 cm³/mol. The second kappa shape index (κ2) is 6.08. The summed E-state index contributed by atoms with van der Waals surface area (Å²) in [4.78, 5) is 36.8. The van der Waals surface area contributed by atoms with Crippen LogP contribution in [0.3, 0.4) is 0 Å². The van der Waals surface area contributed by atoms with Crippen LogP contribution in [0, 0.1) is 6.92 Å². The van der Waals surface area contributed by atoms with Gasteiger partial charge in [0.05, 0.1) is 0 Å². The molecule has 0 aromatic heterocycles. The van der Waals surface area contributed by atoms with E-state index >= 15 is 0 Å².